The van der Waals surface area contributed by atoms with Gasteiger partial charge in [-0.05, 0) is 97.9 Å². The molecule has 196 valence electrons. The number of nitrogens with zero attached hydrogens (tertiary/aromatic N) is 3. The maximum atomic E-state index is 13.5. The molecule has 6 heteroatoms. The molecule has 6 rings (SSSR count). The van der Waals surface area contributed by atoms with Crippen LogP contribution in [0.25, 0.3) is 0 Å². The summed E-state index contributed by atoms with van der Waals surface area (Å²) in [6.45, 7) is 5.73. The molecule has 0 bridgehead atoms. The van der Waals surface area contributed by atoms with E-state index in [1.54, 1.807) is 0 Å². The Labute approximate surface area is 225 Å². The molecule has 1 aromatic heterocycles. The molecule has 2 aromatic carbocycles. The lowest BCUT2D eigenvalue weighted by Gasteiger charge is -2.47. The minimum Gasteiger partial charge on any atom is -0.371 e. The van der Waals surface area contributed by atoms with E-state index in [0.717, 1.165) is 68.6 Å². The Morgan fingerprint density at radius 1 is 0.921 bits per heavy atom. The first-order valence-corrected chi connectivity index (χ1v) is 13.9. The fourth-order valence-electron chi connectivity index (χ4n) is 6.61. The summed E-state index contributed by atoms with van der Waals surface area (Å²) in [5.74, 6) is 0.0711. The number of fused-ring (bicyclic) bond motifs is 1. The van der Waals surface area contributed by atoms with Crippen molar-refractivity contribution >= 4 is 17.5 Å². The van der Waals surface area contributed by atoms with Crippen molar-refractivity contribution in [2.24, 2.45) is 5.41 Å². The Morgan fingerprint density at radius 2 is 1.63 bits per heavy atom. The Bertz CT molecular complexity index is 1320. The van der Waals surface area contributed by atoms with Crippen LogP contribution in [0.15, 0.2) is 67.0 Å². The zero-order valence-electron chi connectivity index (χ0n) is 22.2. The Morgan fingerprint density at radius 3 is 2.37 bits per heavy atom. The fraction of sp³-hybridized carbons (Fsp3) is 0.406. The molecular formula is C32H36N4O2. The number of carbonyl (C=O) groups is 2. The molecule has 1 atom stereocenters. The van der Waals surface area contributed by atoms with Crippen molar-refractivity contribution in [3.63, 3.8) is 0 Å². The number of hydrogen-bond donors (Lipinski definition) is 1. The topological polar surface area (TPSA) is 65.5 Å². The number of pyridine rings is 1. The molecule has 3 heterocycles. The highest BCUT2D eigenvalue weighted by Crippen LogP contribution is 2.42. The first-order valence-electron chi connectivity index (χ1n) is 13.9. The van der Waals surface area contributed by atoms with E-state index in [2.05, 4.69) is 33.4 Å². The Kier molecular flexibility index (Phi) is 6.64. The molecule has 1 N–H and O–H groups in total. The zero-order chi connectivity index (χ0) is 26.1. The summed E-state index contributed by atoms with van der Waals surface area (Å²) in [5, 5.41) is 3.22. The lowest BCUT2D eigenvalue weighted by Crippen LogP contribution is -2.48. The van der Waals surface area contributed by atoms with Crippen molar-refractivity contribution < 1.29 is 9.59 Å². The summed E-state index contributed by atoms with van der Waals surface area (Å²) < 4.78 is 0. The number of likely N-dealkylation sites (tertiary alicyclic amines) is 1. The molecule has 0 radical (unpaired) electrons. The summed E-state index contributed by atoms with van der Waals surface area (Å²) >= 11 is 0. The molecule has 38 heavy (non-hydrogen) atoms. The van der Waals surface area contributed by atoms with Crippen molar-refractivity contribution in [3.05, 3.63) is 94.8 Å². The minimum absolute atomic E-state index is 0.0472. The van der Waals surface area contributed by atoms with E-state index >= 15 is 0 Å². The maximum Gasteiger partial charge on any atom is 0.253 e. The predicted octanol–water partition coefficient (Wildman–Crippen LogP) is 5.33. The monoisotopic (exact) mass is 508 g/mol. The third-order valence-electron chi connectivity index (χ3n) is 9.13. The second kappa shape index (κ2) is 10.2. The van der Waals surface area contributed by atoms with E-state index in [-0.39, 0.29) is 17.9 Å². The number of hydrogen-bond acceptors (Lipinski definition) is 4. The standard InChI is InChI=1S/C32H36N4O2/c1-23-4-2-3-5-27(23)30(37)34-29-9-8-24-6-7-25(22-28(24)29)31(38)36-20-14-32(15-21-36)12-18-35(19-13-32)26-10-16-33-17-11-26/h2-7,10-11,16-17,22,29H,8-9,12-15,18-21H2,1H3,(H,34,37). The van der Waals surface area contributed by atoms with Crippen LogP contribution in [0.2, 0.25) is 0 Å². The highest BCUT2D eigenvalue weighted by atomic mass is 16.2. The van der Waals surface area contributed by atoms with Gasteiger partial charge in [-0.3, -0.25) is 14.6 Å². The third-order valence-corrected chi connectivity index (χ3v) is 9.13. The van der Waals surface area contributed by atoms with Crippen molar-refractivity contribution in [3.8, 4) is 0 Å². The summed E-state index contributed by atoms with van der Waals surface area (Å²) in [6, 6.07) is 17.9. The molecule has 3 aliphatic rings. The summed E-state index contributed by atoms with van der Waals surface area (Å²) in [5.41, 5.74) is 6.35. The molecule has 2 fully saturated rings. The average molecular weight is 509 g/mol. The van der Waals surface area contributed by atoms with Gasteiger partial charge in [-0.1, -0.05) is 24.3 Å². The number of anilines is 1. The fourth-order valence-corrected chi connectivity index (χ4v) is 6.61. The van der Waals surface area contributed by atoms with Gasteiger partial charge in [-0.15, -0.1) is 0 Å². The first-order chi connectivity index (χ1) is 18.5. The van der Waals surface area contributed by atoms with Gasteiger partial charge in [-0.2, -0.15) is 0 Å². The van der Waals surface area contributed by atoms with Gasteiger partial charge in [0.2, 0.25) is 0 Å². The second-order valence-electron chi connectivity index (χ2n) is 11.3. The van der Waals surface area contributed by atoms with Crippen LogP contribution in [0.5, 0.6) is 0 Å². The smallest absolute Gasteiger partial charge is 0.253 e. The van der Waals surface area contributed by atoms with Gasteiger partial charge in [0.05, 0.1) is 6.04 Å². The molecule has 3 aromatic rings. The summed E-state index contributed by atoms with van der Waals surface area (Å²) in [7, 11) is 0. The zero-order valence-corrected chi connectivity index (χ0v) is 22.2. The Balaban J connectivity index is 1.08. The number of rotatable bonds is 4. The van der Waals surface area contributed by atoms with Crippen molar-refractivity contribution in [2.45, 2.75) is 51.5 Å². The average Bonchev–Trinajstić information content (AvgIpc) is 3.36. The van der Waals surface area contributed by atoms with E-state index in [1.165, 1.54) is 24.1 Å². The number of aromatic nitrogens is 1. The lowest BCUT2D eigenvalue weighted by molar-refractivity contribution is 0.0515. The summed E-state index contributed by atoms with van der Waals surface area (Å²) in [6.07, 6.45) is 10.0. The molecule has 2 saturated heterocycles. The molecule has 2 aliphatic heterocycles. The van der Waals surface area contributed by atoms with Gasteiger partial charge in [0.25, 0.3) is 11.8 Å². The second-order valence-corrected chi connectivity index (χ2v) is 11.3. The SMILES string of the molecule is Cc1ccccc1C(=O)NC1CCc2ccc(C(=O)N3CCC4(CC3)CCN(c3ccncc3)CC4)cc21. The number of carbonyl (C=O) groups excluding carboxylic acids is 2. The van der Waals surface area contributed by atoms with Crippen LogP contribution >= 0.6 is 0 Å². The van der Waals surface area contributed by atoms with Crippen LogP contribution < -0.4 is 10.2 Å². The molecular weight excluding hydrogens is 472 g/mol. The maximum absolute atomic E-state index is 13.5. The van der Waals surface area contributed by atoms with Gasteiger partial charge in [0.15, 0.2) is 0 Å². The van der Waals surface area contributed by atoms with E-state index in [1.807, 2.05) is 60.6 Å². The van der Waals surface area contributed by atoms with Crippen LogP contribution in [0.1, 0.15) is 75.6 Å². The van der Waals surface area contributed by atoms with Crippen LogP contribution in [0, 0.1) is 12.3 Å². The van der Waals surface area contributed by atoms with Gasteiger partial charge in [0, 0.05) is 55.4 Å². The Hall–Kier alpha value is -3.67. The highest BCUT2D eigenvalue weighted by molar-refractivity contribution is 5.96. The molecule has 2 amide bonds. The number of benzene rings is 2. The number of amides is 2. The normalized spacial score (nSPS) is 20.3. The third kappa shape index (κ3) is 4.80. The van der Waals surface area contributed by atoms with E-state index in [4.69, 9.17) is 0 Å². The molecule has 1 aliphatic carbocycles. The highest BCUT2D eigenvalue weighted by Gasteiger charge is 2.39. The molecule has 0 saturated carbocycles. The predicted molar refractivity (Wildman–Crippen MR) is 149 cm³/mol. The van der Waals surface area contributed by atoms with Crippen molar-refractivity contribution in [2.75, 3.05) is 31.1 Å². The lowest BCUT2D eigenvalue weighted by atomic mass is 9.71. The van der Waals surface area contributed by atoms with Gasteiger partial charge < -0.3 is 15.1 Å². The van der Waals surface area contributed by atoms with Gasteiger partial charge >= 0.3 is 0 Å². The van der Waals surface area contributed by atoms with Gasteiger partial charge in [-0.25, -0.2) is 0 Å². The van der Waals surface area contributed by atoms with Crippen LogP contribution in [-0.2, 0) is 6.42 Å². The molecule has 6 nitrogen and oxygen atoms in total. The number of piperidine rings is 2. The quantitative estimate of drug-likeness (QED) is 0.517. The molecule has 1 spiro atoms. The molecule has 1 unspecified atom stereocenters. The van der Waals surface area contributed by atoms with Crippen LogP contribution in [0.4, 0.5) is 5.69 Å². The van der Waals surface area contributed by atoms with Crippen molar-refractivity contribution in [1.29, 1.82) is 0 Å². The van der Waals surface area contributed by atoms with Crippen molar-refractivity contribution in [1.82, 2.24) is 15.2 Å². The number of aryl methyl sites for hydroxylation is 2. The van der Waals surface area contributed by atoms with E-state index in [0.29, 0.717) is 11.0 Å². The summed E-state index contributed by atoms with van der Waals surface area (Å²) in [4.78, 5) is 35.1. The van der Waals surface area contributed by atoms with Crippen LogP contribution in [-0.4, -0.2) is 47.9 Å². The minimum atomic E-state index is -0.0555. The van der Waals surface area contributed by atoms with E-state index < -0.39 is 0 Å². The largest absolute Gasteiger partial charge is 0.371 e. The van der Waals surface area contributed by atoms with Gasteiger partial charge in [0.1, 0.15) is 0 Å². The van der Waals surface area contributed by atoms with Crippen LogP contribution in [0.3, 0.4) is 0 Å². The van der Waals surface area contributed by atoms with E-state index in [9.17, 15) is 9.59 Å². The first kappa shape index (κ1) is 24.7. The number of nitrogens with one attached hydrogen (secondary N) is 1.